The number of carbonyl (C=O) groups is 2. The molecule has 154 valence electrons. The highest BCUT2D eigenvalue weighted by molar-refractivity contribution is 8.26. The van der Waals surface area contributed by atoms with Crippen LogP contribution in [0.25, 0.3) is 6.08 Å². The molecule has 8 heteroatoms. The maximum absolute atomic E-state index is 12.8. The molecule has 4 rings (SSSR count). The summed E-state index contributed by atoms with van der Waals surface area (Å²) in [6.45, 7) is 2.52. The predicted octanol–water partition coefficient (Wildman–Crippen LogP) is 4.34. The lowest BCUT2D eigenvalue weighted by Gasteiger charge is -2.14. The van der Waals surface area contributed by atoms with Gasteiger partial charge in [-0.3, -0.25) is 14.5 Å². The number of para-hydroxylation sites is 2. The lowest BCUT2D eigenvalue weighted by atomic mass is 10.1. The number of thiocarbonyl (C=S) groups is 1. The Morgan fingerprint density at radius 1 is 1.23 bits per heavy atom. The van der Waals surface area contributed by atoms with Gasteiger partial charge in [-0.15, -0.1) is 0 Å². The molecule has 0 saturated carbocycles. The SMILES string of the molecule is Cc1ccccc1NC(=O)CCCN1C(=O)/C(=C/c2cccc3c2OCO3)SC1=S. The highest BCUT2D eigenvalue weighted by Crippen LogP contribution is 2.39. The Morgan fingerprint density at radius 2 is 2.07 bits per heavy atom. The van der Waals surface area contributed by atoms with Crippen LogP contribution in [0.1, 0.15) is 24.0 Å². The predicted molar refractivity (Wildman–Crippen MR) is 121 cm³/mol. The number of carbonyl (C=O) groups excluding carboxylic acids is 2. The molecule has 6 nitrogen and oxygen atoms in total. The molecule has 1 N–H and O–H groups in total. The molecule has 2 aromatic carbocycles. The normalized spacial score (nSPS) is 16.4. The molecule has 1 saturated heterocycles. The largest absolute Gasteiger partial charge is 0.454 e. The van der Waals surface area contributed by atoms with Crippen molar-refractivity contribution in [1.82, 2.24) is 4.90 Å². The smallest absolute Gasteiger partial charge is 0.266 e. The third-order valence-electron chi connectivity index (χ3n) is 4.79. The number of nitrogens with one attached hydrogen (secondary N) is 1. The van der Waals surface area contributed by atoms with Crippen LogP contribution in [0.3, 0.4) is 0 Å². The Balaban J connectivity index is 1.35. The number of nitrogens with zero attached hydrogens (tertiary/aromatic N) is 1. The van der Waals surface area contributed by atoms with E-state index in [1.165, 1.54) is 11.8 Å². The second-order valence-electron chi connectivity index (χ2n) is 6.88. The first kappa shape index (κ1) is 20.4. The summed E-state index contributed by atoms with van der Waals surface area (Å²) < 4.78 is 11.4. The van der Waals surface area contributed by atoms with Crippen LogP contribution in [0.4, 0.5) is 5.69 Å². The van der Waals surface area contributed by atoms with Crippen molar-refractivity contribution >= 4 is 51.9 Å². The number of fused-ring (bicyclic) bond motifs is 1. The van der Waals surface area contributed by atoms with Crippen molar-refractivity contribution in [3.63, 3.8) is 0 Å². The van der Waals surface area contributed by atoms with Crippen molar-refractivity contribution in [3.05, 3.63) is 58.5 Å². The van der Waals surface area contributed by atoms with Crippen molar-refractivity contribution < 1.29 is 19.1 Å². The fraction of sp³-hybridized carbons (Fsp3) is 0.227. The highest BCUT2D eigenvalue weighted by Gasteiger charge is 2.32. The summed E-state index contributed by atoms with van der Waals surface area (Å²) in [6.07, 6.45) is 2.61. The molecule has 0 unspecified atom stereocenters. The van der Waals surface area contributed by atoms with E-state index in [1.807, 2.05) is 49.4 Å². The van der Waals surface area contributed by atoms with Gasteiger partial charge in [0.2, 0.25) is 12.7 Å². The van der Waals surface area contributed by atoms with Crippen LogP contribution < -0.4 is 14.8 Å². The number of amides is 2. The quantitative estimate of drug-likeness (QED) is 0.532. The minimum Gasteiger partial charge on any atom is -0.454 e. The van der Waals surface area contributed by atoms with Gasteiger partial charge in [0.25, 0.3) is 5.91 Å². The summed E-state index contributed by atoms with van der Waals surface area (Å²) in [5.41, 5.74) is 2.59. The van der Waals surface area contributed by atoms with Gasteiger partial charge in [0, 0.05) is 24.2 Å². The van der Waals surface area contributed by atoms with E-state index < -0.39 is 0 Å². The average Bonchev–Trinajstić information content (AvgIpc) is 3.30. The molecule has 2 amide bonds. The number of benzene rings is 2. The van der Waals surface area contributed by atoms with E-state index in [2.05, 4.69) is 5.32 Å². The van der Waals surface area contributed by atoms with Crippen molar-refractivity contribution in [2.75, 3.05) is 18.7 Å². The first-order chi connectivity index (χ1) is 14.5. The van der Waals surface area contributed by atoms with E-state index in [9.17, 15) is 9.59 Å². The van der Waals surface area contributed by atoms with Crippen LogP contribution in [0.5, 0.6) is 11.5 Å². The number of aryl methyl sites for hydroxylation is 1. The molecule has 2 aromatic rings. The number of thioether (sulfide) groups is 1. The molecule has 0 aromatic heterocycles. The van der Waals surface area contributed by atoms with Crippen LogP contribution in [0, 0.1) is 6.92 Å². The Bertz CT molecular complexity index is 1050. The second-order valence-corrected chi connectivity index (χ2v) is 8.56. The molecule has 2 aliphatic heterocycles. The summed E-state index contributed by atoms with van der Waals surface area (Å²) in [6, 6.07) is 13.2. The minimum absolute atomic E-state index is 0.0812. The lowest BCUT2D eigenvalue weighted by Crippen LogP contribution is -2.29. The summed E-state index contributed by atoms with van der Waals surface area (Å²) in [5, 5.41) is 2.91. The molecular formula is C22H20N2O4S2. The maximum Gasteiger partial charge on any atom is 0.266 e. The van der Waals surface area contributed by atoms with Crippen LogP contribution in [-0.4, -0.2) is 34.4 Å². The number of rotatable bonds is 6. The third kappa shape index (κ3) is 4.34. The molecule has 2 heterocycles. The Kier molecular flexibility index (Phi) is 6.06. The molecule has 0 spiro atoms. The van der Waals surface area contributed by atoms with E-state index in [4.69, 9.17) is 21.7 Å². The zero-order chi connectivity index (χ0) is 21.1. The van der Waals surface area contributed by atoms with E-state index in [0.717, 1.165) is 16.8 Å². The first-order valence-corrected chi connectivity index (χ1v) is 10.7. The second kappa shape index (κ2) is 8.89. The summed E-state index contributed by atoms with van der Waals surface area (Å²) in [5.74, 6) is 1.07. The Hall–Kier alpha value is -2.84. The Morgan fingerprint density at radius 3 is 2.90 bits per heavy atom. The topological polar surface area (TPSA) is 67.9 Å². The van der Waals surface area contributed by atoms with Gasteiger partial charge in [0.15, 0.2) is 11.5 Å². The maximum atomic E-state index is 12.8. The zero-order valence-corrected chi connectivity index (χ0v) is 18.0. The number of anilines is 1. The summed E-state index contributed by atoms with van der Waals surface area (Å²) in [4.78, 5) is 27.1. The van der Waals surface area contributed by atoms with Crippen molar-refractivity contribution in [2.24, 2.45) is 0 Å². The molecular weight excluding hydrogens is 420 g/mol. The van der Waals surface area contributed by atoms with Crippen molar-refractivity contribution in [2.45, 2.75) is 19.8 Å². The molecule has 0 aliphatic carbocycles. The van der Waals surface area contributed by atoms with E-state index in [1.54, 1.807) is 11.0 Å². The summed E-state index contributed by atoms with van der Waals surface area (Å²) >= 11 is 6.64. The van der Waals surface area contributed by atoms with E-state index >= 15 is 0 Å². The van der Waals surface area contributed by atoms with Crippen molar-refractivity contribution in [1.29, 1.82) is 0 Å². The zero-order valence-electron chi connectivity index (χ0n) is 16.3. The van der Waals surface area contributed by atoms with Gasteiger partial charge in [0.05, 0.1) is 4.91 Å². The van der Waals surface area contributed by atoms with Gasteiger partial charge < -0.3 is 14.8 Å². The van der Waals surface area contributed by atoms with Crippen LogP contribution >= 0.6 is 24.0 Å². The van der Waals surface area contributed by atoms with Gasteiger partial charge in [0.1, 0.15) is 4.32 Å². The van der Waals surface area contributed by atoms with Crippen LogP contribution in [0.15, 0.2) is 47.4 Å². The van der Waals surface area contributed by atoms with Gasteiger partial charge >= 0.3 is 0 Å². The van der Waals surface area contributed by atoms with Gasteiger partial charge in [-0.25, -0.2) is 0 Å². The molecule has 1 fully saturated rings. The summed E-state index contributed by atoms with van der Waals surface area (Å²) in [7, 11) is 0. The van der Waals surface area contributed by atoms with Crippen LogP contribution in [-0.2, 0) is 9.59 Å². The fourth-order valence-electron chi connectivity index (χ4n) is 3.22. The number of hydrogen-bond acceptors (Lipinski definition) is 6. The average molecular weight is 441 g/mol. The standard InChI is InChI=1S/C22H20N2O4S2/c1-14-6-2-3-8-16(14)23-19(25)10-5-11-24-21(26)18(30-22(24)29)12-15-7-4-9-17-20(15)28-13-27-17/h2-4,6-9,12H,5,10-11,13H2,1H3,(H,23,25)/b18-12-. The molecule has 0 bridgehead atoms. The van der Waals surface area contributed by atoms with Gasteiger partial charge in [-0.1, -0.05) is 54.3 Å². The van der Waals surface area contributed by atoms with Gasteiger partial charge in [-0.2, -0.15) is 0 Å². The molecule has 0 atom stereocenters. The number of ether oxygens (including phenoxy) is 2. The first-order valence-electron chi connectivity index (χ1n) is 9.52. The minimum atomic E-state index is -0.152. The van der Waals surface area contributed by atoms with Gasteiger partial charge in [-0.05, 0) is 37.1 Å². The lowest BCUT2D eigenvalue weighted by molar-refractivity contribution is -0.122. The monoisotopic (exact) mass is 440 g/mol. The van der Waals surface area contributed by atoms with E-state index in [0.29, 0.717) is 40.1 Å². The fourth-order valence-corrected chi connectivity index (χ4v) is 4.52. The molecule has 0 radical (unpaired) electrons. The number of hydrogen-bond donors (Lipinski definition) is 1. The molecule has 2 aliphatic rings. The van der Waals surface area contributed by atoms with E-state index in [-0.39, 0.29) is 18.6 Å². The Labute approximate surface area is 184 Å². The third-order valence-corrected chi connectivity index (χ3v) is 6.17. The van der Waals surface area contributed by atoms with Crippen molar-refractivity contribution in [3.8, 4) is 11.5 Å². The highest BCUT2D eigenvalue weighted by atomic mass is 32.2. The van der Waals surface area contributed by atoms with Crippen LogP contribution in [0.2, 0.25) is 0 Å². The molecule has 30 heavy (non-hydrogen) atoms.